The Morgan fingerprint density at radius 3 is 2.82 bits per heavy atom. The van der Waals surface area contributed by atoms with Gasteiger partial charge in [-0.25, -0.2) is 4.99 Å². The van der Waals surface area contributed by atoms with Crippen molar-refractivity contribution in [3.63, 3.8) is 0 Å². The molecule has 1 saturated carbocycles. The average molecular weight is 495 g/mol. The fraction of sp³-hybridized carbons (Fsp3) is 0.808. The predicted molar refractivity (Wildman–Crippen MR) is 135 cm³/mol. The number of nitrogens with one attached hydrogen (secondary N) is 1. The van der Waals surface area contributed by atoms with E-state index in [0.29, 0.717) is 31.5 Å². The van der Waals surface area contributed by atoms with Gasteiger partial charge in [-0.05, 0) is 35.7 Å². The maximum atomic E-state index is 10.6. The summed E-state index contributed by atoms with van der Waals surface area (Å²) < 4.78 is 17.3. The summed E-state index contributed by atoms with van der Waals surface area (Å²) in [5.74, 6) is 0.677. The van der Waals surface area contributed by atoms with Crippen LogP contribution in [0.15, 0.2) is 28.1 Å². The number of hydrogen-bond acceptors (Lipinski definition) is 8. The summed E-state index contributed by atoms with van der Waals surface area (Å²) in [4.78, 5) is 4.44. The van der Waals surface area contributed by atoms with Crippen LogP contribution in [0.1, 0.15) is 65.7 Å². The van der Waals surface area contributed by atoms with E-state index in [9.17, 15) is 10.2 Å². The fourth-order valence-electron chi connectivity index (χ4n) is 5.57. The van der Waals surface area contributed by atoms with Crippen LogP contribution >= 0.6 is 11.8 Å². The van der Waals surface area contributed by atoms with Crippen molar-refractivity contribution in [1.82, 2.24) is 5.32 Å². The van der Waals surface area contributed by atoms with Crippen LogP contribution in [0.4, 0.5) is 0 Å². The predicted octanol–water partition coefficient (Wildman–Crippen LogP) is 4.17. The molecule has 2 fully saturated rings. The summed E-state index contributed by atoms with van der Waals surface area (Å²) in [7, 11) is 0. The Morgan fingerprint density at radius 2 is 2.06 bits per heavy atom. The second-order valence-corrected chi connectivity index (χ2v) is 11.6. The number of aliphatic imine (C=N–C) groups is 1. The number of nitrogens with zero attached hydrogens (tertiary/aromatic N) is 1. The van der Waals surface area contributed by atoms with E-state index in [0.717, 1.165) is 12.3 Å². The first-order chi connectivity index (χ1) is 16.4. The lowest BCUT2D eigenvalue weighted by atomic mass is 9.78. The van der Waals surface area contributed by atoms with E-state index < -0.39 is 18.7 Å². The van der Waals surface area contributed by atoms with Gasteiger partial charge in [0.1, 0.15) is 12.8 Å². The lowest BCUT2D eigenvalue weighted by Gasteiger charge is -2.43. The van der Waals surface area contributed by atoms with E-state index in [1.165, 1.54) is 37.7 Å². The van der Waals surface area contributed by atoms with Gasteiger partial charge in [0.05, 0.1) is 19.1 Å². The molecule has 0 aromatic carbocycles. The van der Waals surface area contributed by atoms with E-state index in [2.05, 4.69) is 48.6 Å². The van der Waals surface area contributed by atoms with Crippen molar-refractivity contribution < 1.29 is 24.4 Å². The maximum Gasteiger partial charge on any atom is 0.289 e. The van der Waals surface area contributed by atoms with Crippen molar-refractivity contribution in [2.45, 2.75) is 89.7 Å². The Hall–Kier alpha value is -1.06. The molecule has 34 heavy (non-hydrogen) atoms. The van der Waals surface area contributed by atoms with Crippen molar-refractivity contribution in [2.75, 3.05) is 19.8 Å². The number of aliphatic hydroxyl groups is 2. The smallest absolute Gasteiger partial charge is 0.289 e. The van der Waals surface area contributed by atoms with Gasteiger partial charge < -0.3 is 29.7 Å². The van der Waals surface area contributed by atoms with Crippen molar-refractivity contribution >= 4 is 17.8 Å². The van der Waals surface area contributed by atoms with Gasteiger partial charge in [-0.2, -0.15) is 0 Å². The second-order valence-electron chi connectivity index (χ2n) is 10.3. The SMILES string of the molecule is CCC1CC(O)OC2N=C(OCCOCC3=CSC(C)C3(C)/C=C\C3CCCCC3)NC(O)C12. The van der Waals surface area contributed by atoms with Crippen LogP contribution < -0.4 is 5.32 Å². The quantitative estimate of drug-likeness (QED) is 0.345. The third kappa shape index (κ3) is 6.01. The first kappa shape index (κ1) is 26.0. The molecule has 1 aliphatic carbocycles. The zero-order valence-corrected chi connectivity index (χ0v) is 21.6. The minimum Gasteiger partial charge on any atom is -0.463 e. The highest BCUT2D eigenvalue weighted by molar-refractivity contribution is 8.03. The molecular weight excluding hydrogens is 452 g/mol. The summed E-state index contributed by atoms with van der Waals surface area (Å²) in [6, 6.07) is 0.241. The van der Waals surface area contributed by atoms with Crippen LogP contribution in [0.5, 0.6) is 0 Å². The molecule has 0 amide bonds. The number of allylic oxidation sites excluding steroid dienone is 2. The van der Waals surface area contributed by atoms with Crippen LogP contribution in [-0.2, 0) is 14.2 Å². The molecule has 0 bridgehead atoms. The van der Waals surface area contributed by atoms with Crippen molar-refractivity contribution in [2.24, 2.45) is 28.2 Å². The van der Waals surface area contributed by atoms with Gasteiger partial charge in [0, 0.05) is 17.1 Å². The average Bonchev–Trinajstić information content (AvgIpc) is 3.11. The van der Waals surface area contributed by atoms with Crippen LogP contribution in [-0.4, -0.2) is 60.1 Å². The Labute approximate surface area is 208 Å². The van der Waals surface area contributed by atoms with Crippen molar-refractivity contribution in [1.29, 1.82) is 0 Å². The number of aliphatic hydroxyl groups excluding tert-OH is 2. The zero-order valence-electron chi connectivity index (χ0n) is 20.8. The van der Waals surface area contributed by atoms with E-state index in [1.54, 1.807) is 0 Å². The van der Waals surface area contributed by atoms with Gasteiger partial charge in [0.2, 0.25) is 0 Å². The van der Waals surface area contributed by atoms with E-state index >= 15 is 0 Å². The molecule has 7 nitrogen and oxygen atoms in total. The van der Waals surface area contributed by atoms with Crippen LogP contribution in [0, 0.1) is 23.2 Å². The number of amidine groups is 1. The Kier molecular flexibility index (Phi) is 9.02. The highest BCUT2D eigenvalue weighted by atomic mass is 32.2. The molecule has 3 N–H and O–H groups in total. The molecular formula is C26H42N2O5S. The number of fused-ring (bicyclic) bond motifs is 1. The fourth-order valence-corrected chi connectivity index (χ4v) is 6.77. The summed E-state index contributed by atoms with van der Waals surface area (Å²) in [5, 5.41) is 26.2. The summed E-state index contributed by atoms with van der Waals surface area (Å²) in [6.45, 7) is 7.98. The molecule has 0 radical (unpaired) electrons. The van der Waals surface area contributed by atoms with Crippen molar-refractivity contribution in [3.05, 3.63) is 23.1 Å². The third-order valence-corrected chi connectivity index (χ3v) is 9.44. The molecule has 3 heterocycles. The molecule has 0 aromatic rings. The third-order valence-electron chi connectivity index (χ3n) is 8.12. The molecule has 1 saturated heterocycles. The lowest BCUT2D eigenvalue weighted by Crippen LogP contribution is -2.56. The topological polar surface area (TPSA) is 92.5 Å². The van der Waals surface area contributed by atoms with Gasteiger partial charge in [0.25, 0.3) is 6.02 Å². The molecule has 7 atom stereocenters. The standard InChI is InChI=1S/C26H42N2O5S/c1-4-19-14-21(29)33-24-22(19)23(30)27-25(28-24)32-13-12-31-15-20-16-34-17(2)26(20,3)11-10-18-8-6-5-7-9-18/h10-11,16-19,21-24,29-30H,4-9,12-15H2,1-3H3,(H,27,28)/b11-10-. The number of ether oxygens (including phenoxy) is 3. The highest BCUT2D eigenvalue weighted by Gasteiger charge is 2.44. The first-order valence-electron chi connectivity index (χ1n) is 13.0. The summed E-state index contributed by atoms with van der Waals surface area (Å²) in [6.07, 6.45) is 10.7. The van der Waals surface area contributed by atoms with Crippen LogP contribution in [0.25, 0.3) is 0 Å². The van der Waals surface area contributed by atoms with Gasteiger partial charge in [-0.15, -0.1) is 11.8 Å². The van der Waals surface area contributed by atoms with E-state index in [-0.39, 0.29) is 23.3 Å². The van der Waals surface area contributed by atoms with Gasteiger partial charge in [-0.3, -0.25) is 0 Å². The molecule has 3 aliphatic heterocycles. The first-order valence-corrected chi connectivity index (χ1v) is 14.0. The normalized spacial score (nSPS) is 38.9. The Morgan fingerprint density at radius 1 is 1.26 bits per heavy atom. The van der Waals surface area contributed by atoms with Gasteiger partial charge >= 0.3 is 0 Å². The molecule has 4 rings (SSSR count). The summed E-state index contributed by atoms with van der Waals surface area (Å²) in [5.41, 5.74) is 1.34. The lowest BCUT2D eigenvalue weighted by molar-refractivity contribution is -0.219. The molecule has 192 valence electrons. The molecule has 7 unspecified atom stereocenters. The second kappa shape index (κ2) is 11.8. The largest absolute Gasteiger partial charge is 0.463 e. The van der Waals surface area contributed by atoms with Crippen molar-refractivity contribution in [3.8, 4) is 0 Å². The molecule has 4 aliphatic rings. The number of hydrogen-bond donors (Lipinski definition) is 3. The molecule has 8 heteroatoms. The maximum absolute atomic E-state index is 10.6. The highest BCUT2D eigenvalue weighted by Crippen LogP contribution is 2.47. The minimum absolute atomic E-state index is 0.0199. The number of thioether (sulfide) groups is 1. The van der Waals surface area contributed by atoms with Gasteiger partial charge in [0.15, 0.2) is 12.5 Å². The number of rotatable bonds is 8. The van der Waals surface area contributed by atoms with E-state index in [4.69, 9.17) is 14.2 Å². The van der Waals surface area contributed by atoms with Crippen LogP contribution in [0.2, 0.25) is 0 Å². The van der Waals surface area contributed by atoms with E-state index in [1.807, 2.05) is 11.8 Å². The molecule has 0 aromatic heterocycles. The summed E-state index contributed by atoms with van der Waals surface area (Å²) >= 11 is 1.88. The van der Waals surface area contributed by atoms with Gasteiger partial charge in [-0.1, -0.05) is 58.6 Å². The monoisotopic (exact) mass is 494 g/mol. The zero-order chi connectivity index (χ0) is 24.1. The molecule has 0 spiro atoms. The Bertz CT molecular complexity index is 768. The van der Waals surface area contributed by atoms with Crippen LogP contribution in [0.3, 0.4) is 0 Å². The Balaban J connectivity index is 1.24. The minimum atomic E-state index is -0.855.